The van der Waals surface area contributed by atoms with E-state index in [9.17, 15) is 0 Å². The van der Waals surface area contributed by atoms with E-state index in [0.717, 1.165) is 35.7 Å². The number of hydrogen-bond acceptors (Lipinski definition) is 4. The number of ether oxygens (including phenoxy) is 1. The normalized spacial score (nSPS) is 21.3. The highest BCUT2D eigenvalue weighted by atomic mass is 79.9. The second kappa shape index (κ2) is 5.97. The van der Waals surface area contributed by atoms with Gasteiger partial charge in [0.1, 0.15) is 16.2 Å². The van der Waals surface area contributed by atoms with Gasteiger partial charge in [-0.25, -0.2) is 9.97 Å². The Hall–Kier alpha value is -0.680. The summed E-state index contributed by atoms with van der Waals surface area (Å²) in [6, 6.07) is 2.19. The molecule has 1 N–H and O–H groups in total. The maximum atomic E-state index is 5.68. The van der Waals surface area contributed by atoms with Gasteiger partial charge in [-0.1, -0.05) is 13.8 Å². The zero-order valence-corrected chi connectivity index (χ0v) is 12.7. The van der Waals surface area contributed by atoms with Gasteiger partial charge in [-0.05, 0) is 35.7 Å². The topological polar surface area (TPSA) is 47.0 Å². The molecule has 0 amide bonds. The van der Waals surface area contributed by atoms with E-state index in [0.29, 0.717) is 12.0 Å². The predicted octanol–water partition coefficient (Wildman–Crippen LogP) is 3.34. The van der Waals surface area contributed by atoms with Gasteiger partial charge in [-0.15, -0.1) is 0 Å². The van der Waals surface area contributed by atoms with E-state index < -0.39 is 0 Å². The van der Waals surface area contributed by atoms with Crippen LogP contribution >= 0.6 is 15.9 Å². The molecule has 1 aromatic heterocycles. The molecule has 18 heavy (non-hydrogen) atoms. The van der Waals surface area contributed by atoms with E-state index in [1.165, 1.54) is 0 Å². The van der Waals surface area contributed by atoms with E-state index >= 15 is 0 Å². The molecule has 0 aliphatic carbocycles. The van der Waals surface area contributed by atoms with Gasteiger partial charge in [0.15, 0.2) is 0 Å². The Bertz CT molecular complexity index is 405. The molecule has 1 aliphatic rings. The Morgan fingerprint density at radius 1 is 1.39 bits per heavy atom. The van der Waals surface area contributed by atoms with Crippen molar-refractivity contribution in [1.29, 1.82) is 0 Å². The summed E-state index contributed by atoms with van der Waals surface area (Å²) in [6.07, 6.45) is 2.57. The first kappa shape index (κ1) is 13.7. The Labute approximate surface area is 117 Å². The molecule has 0 radical (unpaired) electrons. The van der Waals surface area contributed by atoms with Crippen LogP contribution in [-0.2, 0) is 4.74 Å². The predicted molar refractivity (Wildman–Crippen MR) is 75.9 cm³/mol. The fourth-order valence-corrected chi connectivity index (χ4v) is 2.49. The highest BCUT2D eigenvalue weighted by Crippen LogP contribution is 2.21. The first-order chi connectivity index (χ1) is 8.56. The smallest absolute Gasteiger partial charge is 0.134 e. The van der Waals surface area contributed by atoms with Crippen LogP contribution in [0.25, 0.3) is 0 Å². The number of anilines is 1. The van der Waals surface area contributed by atoms with E-state index in [2.05, 4.69) is 52.0 Å². The van der Waals surface area contributed by atoms with E-state index in [1.54, 1.807) is 0 Å². The van der Waals surface area contributed by atoms with Crippen molar-refractivity contribution < 1.29 is 4.74 Å². The first-order valence-electron chi connectivity index (χ1n) is 6.49. The Kier molecular flexibility index (Phi) is 4.56. The lowest BCUT2D eigenvalue weighted by Gasteiger charge is -2.21. The molecule has 2 rings (SSSR count). The lowest BCUT2D eigenvalue weighted by molar-refractivity contribution is 0.0995. The standard InChI is InChI=1S/C13H20BrN3O/c1-8(2)13-16-11(14)7-12(17-13)15-9(3)10-5-4-6-18-10/h7-10H,4-6H2,1-3H3,(H,15,16,17). The summed E-state index contributed by atoms with van der Waals surface area (Å²) in [5, 5.41) is 3.41. The molecule has 0 bridgehead atoms. The molecule has 4 nitrogen and oxygen atoms in total. The SMILES string of the molecule is CC(C)c1nc(Br)cc(NC(C)C2CCCO2)n1. The van der Waals surface area contributed by atoms with Crippen molar-refractivity contribution in [2.24, 2.45) is 0 Å². The quantitative estimate of drug-likeness (QED) is 0.866. The van der Waals surface area contributed by atoms with Crippen molar-refractivity contribution in [2.45, 2.75) is 51.7 Å². The van der Waals surface area contributed by atoms with Gasteiger partial charge in [0.25, 0.3) is 0 Å². The minimum atomic E-state index is 0.273. The molecule has 5 heteroatoms. The van der Waals surface area contributed by atoms with Crippen molar-refractivity contribution in [3.8, 4) is 0 Å². The van der Waals surface area contributed by atoms with Gasteiger partial charge in [-0.3, -0.25) is 0 Å². The third kappa shape index (κ3) is 3.42. The largest absolute Gasteiger partial charge is 0.376 e. The van der Waals surface area contributed by atoms with Crippen molar-refractivity contribution in [2.75, 3.05) is 11.9 Å². The molecule has 2 unspecified atom stereocenters. The van der Waals surface area contributed by atoms with Gasteiger partial charge in [0.2, 0.25) is 0 Å². The van der Waals surface area contributed by atoms with Crippen LogP contribution in [0.4, 0.5) is 5.82 Å². The minimum Gasteiger partial charge on any atom is -0.376 e. The molecular formula is C13H20BrN3O. The zero-order valence-electron chi connectivity index (χ0n) is 11.1. The van der Waals surface area contributed by atoms with E-state index in [4.69, 9.17) is 4.74 Å². The second-order valence-electron chi connectivity index (χ2n) is 5.07. The van der Waals surface area contributed by atoms with E-state index in [-0.39, 0.29) is 6.04 Å². The molecular weight excluding hydrogens is 294 g/mol. The third-order valence-corrected chi connectivity index (χ3v) is 3.53. The van der Waals surface area contributed by atoms with Crippen molar-refractivity contribution in [3.05, 3.63) is 16.5 Å². The second-order valence-corrected chi connectivity index (χ2v) is 5.89. The number of hydrogen-bond donors (Lipinski definition) is 1. The number of aromatic nitrogens is 2. The first-order valence-corrected chi connectivity index (χ1v) is 7.28. The number of nitrogens with zero attached hydrogens (tertiary/aromatic N) is 2. The number of rotatable bonds is 4. The Balaban J connectivity index is 2.08. The fourth-order valence-electron chi connectivity index (χ4n) is 2.09. The van der Waals surface area contributed by atoms with Crippen molar-refractivity contribution >= 4 is 21.7 Å². The highest BCUT2D eigenvalue weighted by molar-refractivity contribution is 9.10. The number of halogens is 1. The third-order valence-electron chi connectivity index (χ3n) is 3.13. The Morgan fingerprint density at radius 2 is 2.17 bits per heavy atom. The molecule has 1 saturated heterocycles. The monoisotopic (exact) mass is 313 g/mol. The molecule has 1 aromatic rings. The maximum absolute atomic E-state index is 5.68. The maximum Gasteiger partial charge on any atom is 0.134 e. The van der Waals surface area contributed by atoms with Crippen molar-refractivity contribution in [3.63, 3.8) is 0 Å². The molecule has 2 atom stereocenters. The summed E-state index contributed by atoms with van der Waals surface area (Å²) >= 11 is 3.43. The Morgan fingerprint density at radius 3 is 2.78 bits per heavy atom. The highest BCUT2D eigenvalue weighted by Gasteiger charge is 2.22. The summed E-state index contributed by atoms with van der Waals surface area (Å²) in [5.74, 6) is 2.04. The molecule has 2 heterocycles. The van der Waals surface area contributed by atoms with Crippen LogP contribution in [-0.4, -0.2) is 28.7 Å². The minimum absolute atomic E-state index is 0.273. The van der Waals surface area contributed by atoms with Crippen LogP contribution in [0, 0.1) is 0 Å². The molecule has 1 fully saturated rings. The van der Waals surface area contributed by atoms with Crippen LogP contribution in [0.15, 0.2) is 10.7 Å². The average Bonchev–Trinajstić information content (AvgIpc) is 2.81. The zero-order chi connectivity index (χ0) is 13.1. The van der Waals surface area contributed by atoms with E-state index in [1.807, 2.05) is 6.07 Å². The summed E-state index contributed by atoms with van der Waals surface area (Å²) in [7, 11) is 0. The van der Waals surface area contributed by atoms with Gasteiger partial charge in [0.05, 0.1) is 12.1 Å². The molecule has 100 valence electrons. The molecule has 0 spiro atoms. The van der Waals surface area contributed by atoms with Crippen LogP contribution in [0.5, 0.6) is 0 Å². The molecule has 1 aliphatic heterocycles. The van der Waals surface area contributed by atoms with Crippen LogP contribution < -0.4 is 5.32 Å². The number of nitrogens with one attached hydrogen (secondary N) is 1. The lowest BCUT2D eigenvalue weighted by atomic mass is 10.1. The van der Waals surface area contributed by atoms with Gasteiger partial charge >= 0.3 is 0 Å². The summed E-state index contributed by atoms with van der Waals surface area (Å²) in [5.41, 5.74) is 0. The van der Waals surface area contributed by atoms with Crippen molar-refractivity contribution in [1.82, 2.24) is 9.97 Å². The molecule has 0 aromatic carbocycles. The summed E-state index contributed by atoms with van der Waals surface area (Å²) in [4.78, 5) is 8.91. The fraction of sp³-hybridized carbons (Fsp3) is 0.692. The van der Waals surface area contributed by atoms with Crippen LogP contribution in [0.1, 0.15) is 45.4 Å². The van der Waals surface area contributed by atoms with Crippen LogP contribution in [0.2, 0.25) is 0 Å². The van der Waals surface area contributed by atoms with Gasteiger partial charge < -0.3 is 10.1 Å². The van der Waals surface area contributed by atoms with Crippen LogP contribution in [0.3, 0.4) is 0 Å². The average molecular weight is 314 g/mol. The van der Waals surface area contributed by atoms with Gasteiger partial charge in [0, 0.05) is 18.6 Å². The summed E-state index contributed by atoms with van der Waals surface area (Å²) < 4.78 is 6.50. The van der Waals surface area contributed by atoms with Gasteiger partial charge in [-0.2, -0.15) is 0 Å². The summed E-state index contributed by atoms with van der Waals surface area (Å²) in [6.45, 7) is 7.20. The lowest BCUT2D eigenvalue weighted by Crippen LogP contribution is -2.30. The molecule has 0 saturated carbocycles.